The number of sulfonamides is 1. The van der Waals surface area contributed by atoms with Gasteiger partial charge >= 0.3 is 0 Å². The molecule has 6 heteroatoms. The lowest BCUT2D eigenvalue weighted by Gasteiger charge is -2.14. The molecule has 0 atom stereocenters. The summed E-state index contributed by atoms with van der Waals surface area (Å²) in [7, 11) is 0.583. The number of hydrogen-bond donors (Lipinski definition) is 1. The van der Waals surface area contributed by atoms with Crippen LogP contribution < -0.4 is 4.72 Å². The van der Waals surface area contributed by atoms with Crippen molar-refractivity contribution in [2.75, 3.05) is 19.3 Å². The van der Waals surface area contributed by atoms with Gasteiger partial charge in [0.2, 0.25) is 10.0 Å². The Hall–Kier alpha value is -0.620. The lowest BCUT2D eigenvalue weighted by atomic mass is 10.1. The first kappa shape index (κ1) is 14.4. The van der Waals surface area contributed by atoms with E-state index in [1.165, 1.54) is 0 Å². The number of halogens is 1. The van der Waals surface area contributed by atoms with Crippen LogP contribution in [0.3, 0.4) is 0 Å². The van der Waals surface area contributed by atoms with Crippen LogP contribution in [0.5, 0.6) is 0 Å². The molecule has 0 fully saturated rings. The molecule has 0 heterocycles. The number of nitrogens with zero attached hydrogens (tertiary/aromatic N) is 1. The van der Waals surface area contributed by atoms with Crippen molar-refractivity contribution >= 4 is 21.6 Å². The van der Waals surface area contributed by atoms with E-state index in [9.17, 15) is 8.42 Å². The van der Waals surface area contributed by atoms with Crippen molar-refractivity contribution in [2.45, 2.75) is 13.1 Å². The Labute approximate surface area is 108 Å². The van der Waals surface area contributed by atoms with Crippen LogP contribution in [0.15, 0.2) is 24.3 Å². The maximum Gasteiger partial charge on any atom is 0.225 e. The molecule has 0 aliphatic rings. The Morgan fingerprint density at radius 2 is 1.82 bits per heavy atom. The maximum atomic E-state index is 11.3. The average molecular weight is 277 g/mol. The fraction of sp³-hybridized carbons (Fsp3) is 0.455. The lowest BCUT2D eigenvalue weighted by Crippen LogP contribution is -2.25. The highest BCUT2D eigenvalue weighted by atomic mass is 35.5. The summed E-state index contributed by atoms with van der Waals surface area (Å²) in [4.78, 5) is 2.04. The second kappa shape index (κ2) is 6.35. The molecule has 1 N–H and O–H groups in total. The van der Waals surface area contributed by atoms with Gasteiger partial charge in [-0.3, -0.25) is 0 Å². The summed E-state index contributed by atoms with van der Waals surface area (Å²) < 4.78 is 25.0. The fourth-order valence-corrected chi connectivity index (χ4v) is 2.14. The maximum absolute atomic E-state index is 11.3. The second-order valence-corrected chi connectivity index (χ2v) is 6.44. The van der Waals surface area contributed by atoms with Gasteiger partial charge in [0, 0.05) is 13.1 Å². The van der Waals surface area contributed by atoms with Gasteiger partial charge in [-0.05, 0) is 25.2 Å². The number of hydrogen-bond acceptors (Lipinski definition) is 3. The zero-order valence-electron chi connectivity index (χ0n) is 9.98. The number of alkyl halides is 1. The van der Waals surface area contributed by atoms with Gasteiger partial charge in [-0.25, -0.2) is 13.1 Å². The summed E-state index contributed by atoms with van der Waals surface area (Å²) >= 11 is 5.32. The molecule has 17 heavy (non-hydrogen) atoms. The van der Waals surface area contributed by atoms with E-state index >= 15 is 0 Å². The Kier molecular flexibility index (Phi) is 5.39. The topological polar surface area (TPSA) is 49.4 Å². The normalized spacial score (nSPS) is 12.0. The van der Waals surface area contributed by atoms with E-state index in [0.29, 0.717) is 0 Å². The first-order valence-electron chi connectivity index (χ1n) is 5.19. The zero-order chi connectivity index (χ0) is 12.9. The number of rotatable bonds is 6. The van der Waals surface area contributed by atoms with Crippen LogP contribution in [0.4, 0.5) is 0 Å². The highest BCUT2D eigenvalue weighted by Gasteiger charge is 2.09. The highest BCUT2D eigenvalue weighted by molar-refractivity contribution is 7.90. The second-order valence-electron chi connectivity index (χ2n) is 4.05. The molecule has 0 aromatic heterocycles. The van der Waals surface area contributed by atoms with Crippen molar-refractivity contribution in [3.05, 3.63) is 35.4 Å². The summed E-state index contributed by atoms with van der Waals surface area (Å²) in [6, 6.07) is 7.74. The van der Waals surface area contributed by atoms with Crippen LogP contribution in [0, 0.1) is 0 Å². The van der Waals surface area contributed by atoms with Gasteiger partial charge in [-0.2, -0.15) is 0 Å². The quantitative estimate of drug-likeness (QED) is 0.799. The smallest absolute Gasteiger partial charge is 0.225 e. The van der Waals surface area contributed by atoms with E-state index in [0.717, 1.165) is 17.7 Å². The van der Waals surface area contributed by atoms with E-state index in [-0.39, 0.29) is 6.54 Å². The molecule has 4 nitrogen and oxygen atoms in total. The molecular weight excluding hydrogens is 260 g/mol. The minimum absolute atomic E-state index is 0.277. The van der Waals surface area contributed by atoms with E-state index in [2.05, 4.69) is 4.72 Å². The first-order valence-corrected chi connectivity index (χ1v) is 7.38. The Balaban J connectivity index is 2.77. The van der Waals surface area contributed by atoms with Crippen LogP contribution in [-0.4, -0.2) is 32.6 Å². The molecule has 0 aliphatic carbocycles. The Morgan fingerprint density at radius 3 is 2.35 bits per heavy atom. The molecule has 0 saturated heterocycles. The van der Waals surface area contributed by atoms with Crippen LogP contribution in [0.2, 0.25) is 0 Å². The van der Waals surface area contributed by atoms with Crippen molar-refractivity contribution in [1.82, 2.24) is 9.62 Å². The number of nitrogens with one attached hydrogen (secondary N) is 1. The third-order valence-corrected chi connectivity index (χ3v) is 3.96. The Bertz CT molecular complexity index is 460. The van der Waals surface area contributed by atoms with Crippen molar-refractivity contribution in [2.24, 2.45) is 0 Å². The van der Waals surface area contributed by atoms with Gasteiger partial charge in [0.1, 0.15) is 5.21 Å². The molecule has 0 unspecified atom stereocenters. The first-order chi connectivity index (χ1) is 7.94. The third-order valence-electron chi connectivity index (χ3n) is 2.23. The summed E-state index contributed by atoms with van der Waals surface area (Å²) in [6.45, 7) is 1.05. The van der Waals surface area contributed by atoms with Gasteiger partial charge in [-0.1, -0.05) is 24.3 Å². The summed E-state index contributed by atoms with van der Waals surface area (Å²) in [6.07, 6.45) is 0. The monoisotopic (exact) mass is 276 g/mol. The van der Waals surface area contributed by atoms with E-state index in [1.54, 1.807) is 0 Å². The van der Waals surface area contributed by atoms with Crippen molar-refractivity contribution < 1.29 is 8.42 Å². The molecule has 0 radical (unpaired) electrons. The number of benzene rings is 1. The summed E-state index contributed by atoms with van der Waals surface area (Å²) in [5.41, 5.74) is 2.07. The van der Waals surface area contributed by atoms with Gasteiger partial charge in [-0.15, -0.1) is 11.6 Å². The van der Waals surface area contributed by atoms with Crippen LogP contribution in [0.1, 0.15) is 11.1 Å². The molecule has 0 bridgehead atoms. The minimum atomic E-state index is -3.36. The molecule has 0 amide bonds. The molecule has 1 aromatic carbocycles. The van der Waals surface area contributed by atoms with Crippen LogP contribution >= 0.6 is 11.6 Å². The van der Waals surface area contributed by atoms with Gasteiger partial charge < -0.3 is 4.90 Å². The zero-order valence-corrected chi connectivity index (χ0v) is 11.6. The SMILES string of the molecule is CN(C)Cc1ccccc1CNS(=O)(=O)CCl. The molecule has 1 aromatic rings. The lowest BCUT2D eigenvalue weighted by molar-refractivity contribution is 0.401. The molecule has 1 rings (SSSR count). The molecular formula is C11H17ClN2O2S. The van der Waals surface area contributed by atoms with E-state index in [1.807, 2.05) is 43.3 Å². The molecule has 0 saturated carbocycles. The largest absolute Gasteiger partial charge is 0.305 e. The standard InChI is InChI=1S/C11H17ClN2O2S/c1-14(2)8-11-6-4-3-5-10(11)7-13-17(15,16)9-12/h3-6,13H,7-9H2,1-2H3. The van der Waals surface area contributed by atoms with Crippen molar-refractivity contribution in [3.63, 3.8) is 0 Å². The third kappa shape index (κ3) is 5.04. The van der Waals surface area contributed by atoms with Crippen LogP contribution in [-0.2, 0) is 23.1 Å². The van der Waals surface area contributed by atoms with Gasteiger partial charge in [0.15, 0.2) is 0 Å². The predicted molar refractivity (Wildman–Crippen MR) is 70.3 cm³/mol. The predicted octanol–water partition coefficient (Wildman–Crippen LogP) is 1.36. The van der Waals surface area contributed by atoms with Gasteiger partial charge in [0.25, 0.3) is 0 Å². The molecule has 96 valence electrons. The fourth-order valence-electron chi connectivity index (χ4n) is 1.45. The van der Waals surface area contributed by atoms with Crippen LogP contribution in [0.25, 0.3) is 0 Å². The van der Waals surface area contributed by atoms with E-state index in [4.69, 9.17) is 11.6 Å². The molecule has 0 aliphatic heterocycles. The minimum Gasteiger partial charge on any atom is -0.305 e. The van der Waals surface area contributed by atoms with Crippen molar-refractivity contribution in [3.8, 4) is 0 Å². The van der Waals surface area contributed by atoms with Crippen molar-refractivity contribution in [1.29, 1.82) is 0 Å². The Morgan fingerprint density at radius 1 is 1.24 bits per heavy atom. The summed E-state index contributed by atoms with van der Waals surface area (Å²) in [5.74, 6) is 0. The summed E-state index contributed by atoms with van der Waals surface area (Å²) in [5, 5.41) is -0.414. The highest BCUT2D eigenvalue weighted by Crippen LogP contribution is 2.10. The average Bonchev–Trinajstić information content (AvgIpc) is 2.27. The molecule has 0 spiro atoms. The van der Waals surface area contributed by atoms with Gasteiger partial charge in [0.05, 0.1) is 0 Å². The van der Waals surface area contributed by atoms with E-state index < -0.39 is 15.2 Å².